The predicted octanol–water partition coefficient (Wildman–Crippen LogP) is 2.36. The minimum absolute atomic E-state index is 0.262. The fourth-order valence-electron chi connectivity index (χ4n) is 3.55. The second-order valence-corrected chi connectivity index (χ2v) is 6.65. The molecule has 0 unspecified atom stereocenters. The lowest BCUT2D eigenvalue weighted by atomic mass is 9.87. The van der Waals surface area contributed by atoms with Gasteiger partial charge in [0.25, 0.3) is 5.91 Å². The molecule has 2 aliphatic rings. The van der Waals surface area contributed by atoms with Gasteiger partial charge >= 0.3 is 6.16 Å². The molecule has 0 radical (unpaired) electrons. The van der Waals surface area contributed by atoms with E-state index >= 15 is 0 Å². The summed E-state index contributed by atoms with van der Waals surface area (Å²) in [6.45, 7) is 1.32. The molecule has 140 valence electrons. The molecule has 0 saturated heterocycles. The molecule has 1 aromatic rings. The Balaban J connectivity index is 1.97. The maximum Gasteiger partial charge on any atom is 0.508 e. The van der Waals surface area contributed by atoms with Crippen molar-refractivity contribution in [1.82, 2.24) is 4.90 Å². The normalized spacial score (nSPS) is 20.7. The van der Waals surface area contributed by atoms with Crippen LogP contribution in [-0.4, -0.2) is 45.1 Å². The average molecular weight is 363 g/mol. The number of nitrogens with zero attached hydrogens (tertiary/aromatic N) is 1. The zero-order valence-electron chi connectivity index (χ0n) is 14.4. The van der Waals surface area contributed by atoms with Crippen molar-refractivity contribution in [2.24, 2.45) is 5.92 Å². The Morgan fingerprint density at radius 3 is 2.54 bits per heavy atom. The fraction of sp³-hybridized carbons (Fsp3) is 0.500. The first-order chi connectivity index (χ1) is 12.4. The maximum absolute atomic E-state index is 13.1. The Labute approximate surface area is 150 Å². The SMILES string of the molecule is C[C@@H](C(=O)N1C(=O)c2ccccc2OC12CCCCC2)[C@H](O)OC(=O)O. The van der Waals surface area contributed by atoms with E-state index in [1.165, 1.54) is 6.92 Å². The van der Waals surface area contributed by atoms with E-state index in [0.29, 0.717) is 18.6 Å². The number of rotatable bonds is 3. The summed E-state index contributed by atoms with van der Waals surface area (Å²) in [5.74, 6) is -2.05. The Kier molecular flexibility index (Phi) is 4.86. The summed E-state index contributed by atoms with van der Waals surface area (Å²) in [5.41, 5.74) is -0.851. The number of benzene rings is 1. The van der Waals surface area contributed by atoms with Crippen LogP contribution in [0.4, 0.5) is 4.79 Å². The third-order valence-electron chi connectivity index (χ3n) is 4.92. The molecule has 8 heteroatoms. The summed E-state index contributed by atoms with van der Waals surface area (Å²) in [6.07, 6.45) is -0.0305. The molecular weight excluding hydrogens is 342 g/mol. The molecule has 2 N–H and O–H groups in total. The first kappa shape index (κ1) is 18.2. The summed E-state index contributed by atoms with van der Waals surface area (Å²) >= 11 is 0. The van der Waals surface area contributed by atoms with Gasteiger partial charge in [-0.15, -0.1) is 0 Å². The summed E-state index contributed by atoms with van der Waals surface area (Å²) < 4.78 is 10.4. The van der Waals surface area contributed by atoms with E-state index in [2.05, 4.69) is 4.74 Å². The smallest absolute Gasteiger partial charge is 0.467 e. The monoisotopic (exact) mass is 363 g/mol. The first-order valence-corrected chi connectivity index (χ1v) is 8.60. The highest BCUT2D eigenvalue weighted by molar-refractivity contribution is 6.08. The van der Waals surface area contributed by atoms with Crippen LogP contribution < -0.4 is 4.74 Å². The molecular formula is C18H21NO7. The lowest BCUT2D eigenvalue weighted by molar-refractivity contribution is -0.170. The zero-order chi connectivity index (χ0) is 18.9. The van der Waals surface area contributed by atoms with Gasteiger partial charge in [-0.1, -0.05) is 18.6 Å². The molecule has 2 amide bonds. The van der Waals surface area contributed by atoms with Gasteiger partial charge < -0.3 is 19.7 Å². The van der Waals surface area contributed by atoms with E-state index in [9.17, 15) is 19.5 Å². The van der Waals surface area contributed by atoms with Crippen LogP contribution in [0.5, 0.6) is 5.75 Å². The molecule has 2 atom stereocenters. The van der Waals surface area contributed by atoms with Gasteiger partial charge in [0.1, 0.15) is 5.75 Å². The van der Waals surface area contributed by atoms with Crippen LogP contribution >= 0.6 is 0 Å². The number of aliphatic hydroxyl groups is 1. The number of imide groups is 1. The van der Waals surface area contributed by atoms with Crippen molar-refractivity contribution in [2.45, 2.75) is 51.0 Å². The Morgan fingerprint density at radius 1 is 1.23 bits per heavy atom. The van der Waals surface area contributed by atoms with E-state index < -0.39 is 35.9 Å². The van der Waals surface area contributed by atoms with Gasteiger partial charge in [-0.05, 0) is 31.9 Å². The minimum atomic E-state index is -1.87. The number of hydrogen-bond acceptors (Lipinski definition) is 6. The van der Waals surface area contributed by atoms with Crippen LogP contribution in [0.2, 0.25) is 0 Å². The Bertz CT molecular complexity index is 726. The predicted molar refractivity (Wildman–Crippen MR) is 88.3 cm³/mol. The molecule has 1 heterocycles. The Morgan fingerprint density at radius 2 is 1.88 bits per heavy atom. The number of amides is 2. The van der Waals surface area contributed by atoms with E-state index in [1.807, 2.05) is 0 Å². The lowest BCUT2D eigenvalue weighted by Gasteiger charge is -2.48. The van der Waals surface area contributed by atoms with E-state index in [1.54, 1.807) is 24.3 Å². The molecule has 1 fully saturated rings. The Hall–Kier alpha value is -2.61. The number of carbonyl (C=O) groups excluding carboxylic acids is 2. The summed E-state index contributed by atoms with van der Waals surface area (Å²) in [6, 6.07) is 6.69. The molecule has 26 heavy (non-hydrogen) atoms. The average Bonchev–Trinajstić information content (AvgIpc) is 2.61. The molecule has 0 bridgehead atoms. The zero-order valence-corrected chi connectivity index (χ0v) is 14.4. The molecule has 1 saturated carbocycles. The number of carboxylic acid groups (broad SMARTS) is 1. The highest BCUT2D eigenvalue weighted by atomic mass is 16.7. The van der Waals surface area contributed by atoms with Gasteiger partial charge in [0.05, 0.1) is 11.5 Å². The van der Waals surface area contributed by atoms with Crippen molar-refractivity contribution in [3.8, 4) is 5.75 Å². The van der Waals surface area contributed by atoms with Crippen molar-refractivity contribution in [3.05, 3.63) is 29.8 Å². The van der Waals surface area contributed by atoms with Crippen LogP contribution in [-0.2, 0) is 9.53 Å². The third kappa shape index (κ3) is 3.12. The van der Waals surface area contributed by atoms with Crippen LogP contribution in [0.15, 0.2) is 24.3 Å². The number of carbonyl (C=O) groups is 3. The largest absolute Gasteiger partial charge is 0.508 e. The van der Waals surface area contributed by atoms with Gasteiger partial charge in [-0.25, -0.2) is 9.69 Å². The number of para-hydroxylation sites is 1. The molecule has 1 aliphatic carbocycles. The summed E-state index contributed by atoms with van der Waals surface area (Å²) in [5, 5.41) is 18.5. The van der Waals surface area contributed by atoms with Crippen molar-refractivity contribution in [1.29, 1.82) is 0 Å². The van der Waals surface area contributed by atoms with E-state index in [0.717, 1.165) is 24.2 Å². The van der Waals surface area contributed by atoms with Crippen molar-refractivity contribution in [2.75, 3.05) is 0 Å². The third-order valence-corrected chi connectivity index (χ3v) is 4.92. The number of ether oxygens (including phenoxy) is 2. The van der Waals surface area contributed by atoms with E-state index in [-0.39, 0.29) is 5.56 Å². The minimum Gasteiger partial charge on any atom is -0.467 e. The van der Waals surface area contributed by atoms with Crippen LogP contribution in [0.3, 0.4) is 0 Å². The molecule has 0 aromatic heterocycles. The van der Waals surface area contributed by atoms with Crippen LogP contribution in [0, 0.1) is 5.92 Å². The lowest BCUT2D eigenvalue weighted by Crippen LogP contribution is -2.63. The fourth-order valence-corrected chi connectivity index (χ4v) is 3.55. The van der Waals surface area contributed by atoms with Crippen LogP contribution in [0.1, 0.15) is 49.4 Å². The van der Waals surface area contributed by atoms with Crippen molar-refractivity contribution < 1.29 is 34.1 Å². The topological polar surface area (TPSA) is 113 Å². The second kappa shape index (κ2) is 6.95. The molecule has 1 aromatic carbocycles. The highest BCUT2D eigenvalue weighted by Crippen LogP contribution is 2.42. The molecule has 1 spiro atoms. The summed E-state index contributed by atoms with van der Waals surface area (Å²) in [4.78, 5) is 37.8. The van der Waals surface area contributed by atoms with Gasteiger partial charge in [0.15, 0.2) is 5.72 Å². The maximum atomic E-state index is 13.1. The van der Waals surface area contributed by atoms with Crippen molar-refractivity contribution >= 4 is 18.0 Å². The van der Waals surface area contributed by atoms with E-state index in [4.69, 9.17) is 9.84 Å². The second-order valence-electron chi connectivity index (χ2n) is 6.65. The summed E-state index contributed by atoms with van der Waals surface area (Å²) in [7, 11) is 0. The van der Waals surface area contributed by atoms with Gasteiger partial charge in [0, 0.05) is 12.8 Å². The van der Waals surface area contributed by atoms with Gasteiger partial charge in [-0.2, -0.15) is 0 Å². The first-order valence-electron chi connectivity index (χ1n) is 8.60. The van der Waals surface area contributed by atoms with Crippen LogP contribution in [0.25, 0.3) is 0 Å². The quantitative estimate of drug-likeness (QED) is 0.626. The molecule has 8 nitrogen and oxygen atoms in total. The molecule has 1 aliphatic heterocycles. The standard InChI is InChI=1S/C18H21NO7/c1-11(16(22)25-17(23)24)14(20)19-15(21)12-7-3-4-8-13(12)26-18(19)9-5-2-6-10-18/h3-4,7-8,11,16,22H,2,5-6,9-10H2,1H3,(H,23,24)/t11-,16+/m0/s1. The van der Waals surface area contributed by atoms with Crippen molar-refractivity contribution in [3.63, 3.8) is 0 Å². The number of hydrogen-bond donors (Lipinski definition) is 2. The number of fused-ring (bicyclic) bond motifs is 1. The van der Waals surface area contributed by atoms with Gasteiger partial charge in [-0.3, -0.25) is 9.59 Å². The number of aliphatic hydroxyl groups excluding tert-OH is 1. The molecule has 3 rings (SSSR count). The highest BCUT2D eigenvalue weighted by Gasteiger charge is 2.52. The van der Waals surface area contributed by atoms with Gasteiger partial charge in [0.2, 0.25) is 12.2 Å².